The van der Waals surface area contributed by atoms with Crippen molar-refractivity contribution in [2.45, 2.75) is 10.9 Å². The first-order valence-electron chi connectivity index (χ1n) is 8.15. The highest BCUT2D eigenvalue weighted by Gasteiger charge is 2.14. The van der Waals surface area contributed by atoms with Gasteiger partial charge in [0.15, 0.2) is 5.82 Å². The zero-order valence-corrected chi connectivity index (χ0v) is 15.4. The second-order valence-corrected chi connectivity index (χ2v) is 7.05. The maximum absolute atomic E-state index is 6.23. The number of thioether (sulfide) groups is 1. The topological polar surface area (TPSA) is 77.3 Å². The van der Waals surface area contributed by atoms with Gasteiger partial charge in [-0.1, -0.05) is 30.0 Å². The minimum atomic E-state index is 0.645. The molecule has 3 aromatic heterocycles. The Balaban J connectivity index is 1.54. The fraction of sp³-hybridized carbons (Fsp3) is 0.167. The summed E-state index contributed by atoms with van der Waals surface area (Å²) in [5.41, 5.74) is 3.93. The third kappa shape index (κ3) is 3.11. The zero-order valence-electron chi connectivity index (χ0n) is 14.6. The number of nitrogen functional groups attached to an aromatic ring is 1. The van der Waals surface area contributed by atoms with E-state index in [2.05, 4.69) is 15.2 Å². The lowest BCUT2D eigenvalue weighted by Crippen LogP contribution is -2.12. The Morgan fingerprint density at radius 2 is 2.00 bits per heavy atom. The Hall–Kier alpha value is -3.00. The summed E-state index contributed by atoms with van der Waals surface area (Å²) in [7, 11) is 4.00. The van der Waals surface area contributed by atoms with Crippen molar-refractivity contribution in [2.75, 3.05) is 24.8 Å². The van der Waals surface area contributed by atoms with Gasteiger partial charge in [-0.15, -0.1) is 10.2 Å². The van der Waals surface area contributed by atoms with Gasteiger partial charge in [0.25, 0.3) is 0 Å². The molecule has 4 rings (SSSR count). The van der Waals surface area contributed by atoms with Crippen LogP contribution in [0.1, 0.15) is 5.69 Å². The molecule has 0 amide bonds. The molecule has 8 heteroatoms. The number of fused-ring (bicyclic) bond motifs is 1. The summed E-state index contributed by atoms with van der Waals surface area (Å²) in [6.07, 6.45) is 4.00. The van der Waals surface area contributed by atoms with Gasteiger partial charge >= 0.3 is 0 Å². The predicted octanol–water partition coefficient (Wildman–Crippen LogP) is 2.66. The van der Waals surface area contributed by atoms with E-state index in [1.54, 1.807) is 0 Å². The van der Waals surface area contributed by atoms with Gasteiger partial charge in [-0.2, -0.15) is 0 Å². The molecule has 0 saturated carbocycles. The third-order valence-electron chi connectivity index (χ3n) is 4.05. The maximum atomic E-state index is 6.23. The fourth-order valence-electron chi connectivity index (χ4n) is 2.69. The molecule has 0 saturated heterocycles. The predicted molar refractivity (Wildman–Crippen MR) is 105 cm³/mol. The monoisotopic (exact) mass is 365 g/mol. The molecule has 0 aliphatic carbocycles. The molecule has 0 radical (unpaired) electrons. The van der Waals surface area contributed by atoms with E-state index in [0.717, 1.165) is 22.6 Å². The largest absolute Gasteiger partial charge is 0.378 e. The van der Waals surface area contributed by atoms with Crippen LogP contribution in [-0.4, -0.2) is 38.4 Å². The van der Waals surface area contributed by atoms with E-state index in [9.17, 15) is 0 Å². The summed E-state index contributed by atoms with van der Waals surface area (Å²) in [6, 6.07) is 14.0. The molecule has 132 valence electrons. The SMILES string of the molecule is CN(C)c1cccc(-c2nnc(SCc3cn4ccccc4n3)n2N)c1. The molecule has 4 aromatic rings. The average Bonchev–Trinajstić information content (AvgIpc) is 3.23. The average molecular weight is 365 g/mol. The van der Waals surface area contributed by atoms with E-state index < -0.39 is 0 Å². The van der Waals surface area contributed by atoms with E-state index >= 15 is 0 Å². The summed E-state index contributed by atoms with van der Waals surface area (Å²) >= 11 is 1.52. The summed E-state index contributed by atoms with van der Waals surface area (Å²) in [5, 5.41) is 9.16. The smallest absolute Gasteiger partial charge is 0.210 e. The Labute approximate surface area is 155 Å². The number of hydrogen-bond donors (Lipinski definition) is 1. The van der Waals surface area contributed by atoms with Gasteiger partial charge in [-0.05, 0) is 24.3 Å². The molecule has 1 aromatic carbocycles. The summed E-state index contributed by atoms with van der Waals surface area (Å²) in [4.78, 5) is 6.63. The Kier molecular flexibility index (Phi) is 4.26. The van der Waals surface area contributed by atoms with Gasteiger partial charge in [0.05, 0.1) is 5.69 Å². The summed E-state index contributed by atoms with van der Waals surface area (Å²) < 4.78 is 3.54. The van der Waals surface area contributed by atoms with Crippen LogP contribution in [0, 0.1) is 0 Å². The van der Waals surface area contributed by atoms with E-state index in [1.165, 1.54) is 16.4 Å². The number of pyridine rings is 1. The lowest BCUT2D eigenvalue weighted by molar-refractivity contribution is 0.849. The number of rotatable bonds is 5. The molecule has 7 nitrogen and oxygen atoms in total. The number of imidazole rings is 1. The van der Waals surface area contributed by atoms with Gasteiger partial charge < -0.3 is 15.1 Å². The van der Waals surface area contributed by atoms with Gasteiger partial charge in [-0.25, -0.2) is 9.66 Å². The van der Waals surface area contributed by atoms with Gasteiger partial charge in [0.1, 0.15) is 5.65 Å². The molecule has 0 bridgehead atoms. The number of aromatic nitrogens is 5. The van der Waals surface area contributed by atoms with E-state index in [0.29, 0.717) is 16.7 Å². The summed E-state index contributed by atoms with van der Waals surface area (Å²) in [6.45, 7) is 0. The van der Waals surface area contributed by atoms with Crippen molar-refractivity contribution in [3.63, 3.8) is 0 Å². The minimum absolute atomic E-state index is 0.645. The van der Waals surface area contributed by atoms with Gasteiger partial charge in [0, 0.05) is 43.5 Å². The van der Waals surface area contributed by atoms with Crippen LogP contribution in [0.2, 0.25) is 0 Å². The summed E-state index contributed by atoms with van der Waals surface area (Å²) in [5.74, 6) is 7.55. The third-order valence-corrected chi connectivity index (χ3v) is 5.02. The van der Waals surface area contributed by atoms with Crippen molar-refractivity contribution in [1.82, 2.24) is 24.3 Å². The van der Waals surface area contributed by atoms with Crippen molar-refractivity contribution in [1.29, 1.82) is 0 Å². The second-order valence-electron chi connectivity index (χ2n) is 6.11. The first kappa shape index (κ1) is 16.5. The Morgan fingerprint density at radius 1 is 1.12 bits per heavy atom. The number of anilines is 1. The lowest BCUT2D eigenvalue weighted by atomic mass is 10.2. The fourth-order valence-corrected chi connectivity index (χ4v) is 3.43. The molecule has 3 heterocycles. The van der Waals surface area contributed by atoms with Crippen LogP contribution in [0.4, 0.5) is 5.69 Å². The second kappa shape index (κ2) is 6.72. The highest BCUT2D eigenvalue weighted by atomic mass is 32.2. The van der Waals surface area contributed by atoms with Gasteiger partial charge in [0.2, 0.25) is 5.16 Å². The van der Waals surface area contributed by atoms with E-state index in [1.807, 2.05) is 78.3 Å². The molecule has 26 heavy (non-hydrogen) atoms. The molecule has 0 atom stereocenters. The van der Waals surface area contributed by atoms with Crippen LogP contribution < -0.4 is 10.7 Å². The van der Waals surface area contributed by atoms with Crippen LogP contribution in [0.3, 0.4) is 0 Å². The maximum Gasteiger partial charge on any atom is 0.210 e. The molecule has 0 spiro atoms. The molecule has 0 aliphatic rings. The van der Waals surface area contributed by atoms with Crippen molar-refractivity contribution < 1.29 is 0 Å². The quantitative estimate of drug-likeness (QED) is 0.433. The van der Waals surface area contributed by atoms with Crippen molar-refractivity contribution in [3.8, 4) is 11.4 Å². The van der Waals surface area contributed by atoms with Crippen LogP contribution in [0.25, 0.3) is 17.0 Å². The highest BCUT2D eigenvalue weighted by molar-refractivity contribution is 7.98. The first-order chi connectivity index (χ1) is 12.6. The van der Waals surface area contributed by atoms with Crippen LogP contribution in [-0.2, 0) is 5.75 Å². The number of nitrogens with zero attached hydrogens (tertiary/aromatic N) is 6. The zero-order chi connectivity index (χ0) is 18.1. The minimum Gasteiger partial charge on any atom is -0.378 e. The lowest BCUT2D eigenvalue weighted by Gasteiger charge is -2.13. The standard InChI is InChI=1S/C18H19N7S/c1-23(2)15-7-5-6-13(10-15)17-21-22-18(25(17)19)26-12-14-11-24-9-4-3-8-16(24)20-14/h3-11H,12,19H2,1-2H3. The molecular formula is C18H19N7S. The molecular weight excluding hydrogens is 346 g/mol. The molecule has 0 aliphatic heterocycles. The van der Waals surface area contributed by atoms with Crippen LogP contribution in [0.15, 0.2) is 60.0 Å². The molecule has 2 N–H and O–H groups in total. The van der Waals surface area contributed by atoms with Crippen molar-refractivity contribution in [3.05, 3.63) is 60.6 Å². The highest BCUT2D eigenvalue weighted by Crippen LogP contribution is 2.26. The van der Waals surface area contributed by atoms with E-state index in [-0.39, 0.29) is 0 Å². The van der Waals surface area contributed by atoms with Crippen molar-refractivity contribution in [2.24, 2.45) is 0 Å². The van der Waals surface area contributed by atoms with Gasteiger partial charge in [-0.3, -0.25) is 0 Å². The Bertz CT molecular complexity index is 1020. The van der Waals surface area contributed by atoms with Crippen molar-refractivity contribution >= 4 is 23.1 Å². The molecule has 0 fully saturated rings. The Morgan fingerprint density at radius 3 is 2.81 bits per heavy atom. The van der Waals surface area contributed by atoms with Crippen LogP contribution in [0.5, 0.6) is 0 Å². The first-order valence-corrected chi connectivity index (χ1v) is 9.14. The number of benzene rings is 1. The number of hydrogen-bond acceptors (Lipinski definition) is 6. The number of nitrogens with two attached hydrogens (primary N) is 1. The molecule has 0 unspecified atom stereocenters. The van der Waals surface area contributed by atoms with Crippen LogP contribution >= 0.6 is 11.8 Å². The van der Waals surface area contributed by atoms with E-state index in [4.69, 9.17) is 5.84 Å². The normalized spacial score (nSPS) is 11.2.